The van der Waals surface area contributed by atoms with E-state index in [-0.39, 0.29) is 11.0 Å². The topological polar surface area (TPSA) is 68.8 Å². The Hall–Kier alpha value is -2.16. The van der Waals surface area contributed by atoms with Gasteiger partial charge in [0.2, 0.25) is 0 Å². The first-order chi connectivity index (χ1) is 12.5. The quantitative estimate of drug-likeness (QED) is 0.508. The van der Waals surface area contributed by atoms with Crippen molar-refractivity contribution in [1.29, 1.82) is 0 Å². The minimum atomic E-state index is -0.321. The summed E-state index contributed by atoms with van der Waals surface area (Å²) in [4.78, 5) is 12.3. The number of nitrogens with one attached hydrogen (secondary N) is 2. The summed E-state index contributed by atoms with van der Waals surface area (Å²) in [5, 5.41) is 5.79. The van der Waals surface area contributed by atoms with Crippen LogP contribution in [0.2, 0.25) is 0 Å². The molecule has 138 valence electrons. The van der Waals surface area contributed by atoms with Gasteiger partial charge in [-0.15, -0.1) is 0 Å². The summed E-state index contributed by atoms with van der Waals surface area (Å²) in [6.07, 6.45) is 0. The number of benzene rings is 2. The minimum absolute atomic E-state index is 0.191. The molecular formula is C18H19BrN2O4S. The number of carbonyl (C=O) groups is 1. The number of amides is 1. The van der Waals surface area contributed by atoms with Gasteiger partial charge in [-0.2, -0.15) is 0 Å². The fraction of sp³-hybridized carbons (Fsp3) is 0.222. The van der Waals surface area contributed by atoms with Crippen molar-refractivity contribution in [2.24, 2.45) is 0 Å². The van der Waals surface area contributed by atoms with Gasteiger partial charge in [0.05, 0.1) is 18.2 Å². The van der Waals surface area contributed by atoms with E-state index in [0.29, 0.717) is 40.4 Å². The Morgan fingerprint density at radius 1 is 1.15 bits per heavy atom. The summed E-state index contributed by atoms with van der Waals surface area (Å²) < 4.78 is 16.3. The molecule has 0 aliphatic carbocycles. The van der Waals surface area contributed by atoms with E-state index < -0.39 is 0 Å². The first kappa shape index (κ1) is 20.2. The number of hydrogen-bond donors (Lipinski definition) is 2. The van der Waals surface area contributed by atoms with Crippen LogP contribution in [0, 0.1) is 0 Å². The second kappa shape index (κ2) is 10.1. The Morgan fingerprint density at radius 3 is 2.65 bits per heavy atom. The number of hydrogen-bond acceptors (Lipinski definition) is 5. The van der Waals surface area contributed by atoms with Crippen LogP contribution in [-0.2, 0) is 4.74 Å². The summed E-state index contributed by atoms with van der Waals surface area (Å²) in [6, 6.07) is 12.3. The Morgan fingerprint density at radius 2 is 1.96 bits per heavy atom. The van der Waals surface area contributed by atoms with Gasteiger partial charge in [0.15, 0.2) is 5.11 Å². The summed E-state index contributed by atoms with van der Waals surface area (Å²) in [5.41, 5.74) is 1.17. The molecule has 2 rings (SSSR count). The van der Waals surface area contributed by atoms with Gasteiger partial charge in [0, 0.05) is 24.4 Å². The molecule has 2 N–H and O–H groups in total. The first-order valence-corrected chi connectivity index (χ1v) is 8.91. The van der Waals surface area contributed by atoms with E-state index in [0.717, 1.165) is 0 Å². The molecule has 0 fully saturated rings. The molecule has 0 bridgehead atoms. The zero-order valence-electron chi connectivity index (χ0n) is 14.4. The third-order valence-electron chi connectivity index (χ3n) is 3.29. The lowest BCUT2D eigenvalue weighted by atomic mass is 10.2. The van der Waals surface area contributed by atoms with Crippen molar-refractivity contribution in [1.82, 2.24) is 5.32 Å². The highest BCUT2D eigenvalue weighted by Crippen LogP contribution is 2.25. The molecule has 1 amide bonds. The average Bonchev–Trinajstić information content (AvgIpc) is 2.62. The van der Waals surface area contributed by atoms with Crippen molar-refractivity contribution in [3.63, 3.8) is 0 Å². The van der Waals surface area contributed by atoms with Crippen LogP contribution < -0.4 is 20.1 Å². The number of halogens is 1. The number of carbonyl (C=O) groups excluding carboxylic acids is 1. The van der Waals surface area contributed by atoms with Gasteiger partial charge in [0.1, 0.15) is 18.1 Å². The van der Waals surface area contributed by atoms with Crippen LogP contribution in [0.15, 0.2) is 46.9 Å². The lowest BCUT2D eigenvalue weighted by Gasteiger charge is -2.12. The van der Waals surface area contributed by atoms with Gasteiger partial charge in [-0.3, -0.25) is 10.1 Å². The molecule has 2 aromatic rings. The molecule has 0 aliphatic heterocycles. The van der Waals surface area contributed by atoms with Gasteiger partial charge in [-0.1, -0.05) is 6.07 Å². The molecule has 0 saturated carbocycles. The van der Waals surface area contributed by atoms with Crippen molar-refractivity contribution in [3.05, 3.63) is 52.5 Å². The van der Waals surface area contributed by atoms with Crippen LogP contribution in [0.3, 0.4) is 0 Å². The van der Waals surface area contributed by atoms with Crippen molar-refractivity contribution >= 4 is 44.9 Å². The molecule has 26 heavy (non-hydrogen) atoms. The molecule has 0 radical (unpaired) electrons. The average molecular weight is 439 g/mol. The highest BCUT2D eigenvalue weighted by atomic mass is 79.9. The van der Waals surface area contributed by atoms with Crippen LogP contribution >= 0.6 is 28.1 Å². The summed E-state index contributed by atoms with van der Waals surface area (Å²) >= 11 is 8.56. The first-order valence-electron chi connectivity index (χ1n) is 7.71. The van der Waals surface area contributed by atoms with E-state index >= 15 is 0 Å². The van der Waals surface area contributed by atoms with Crippen LogP contribution in [0.1, 0.15) is 10.4 Å². The predicted molar refractivity (Wildman–Crippen MR) is 108 cm³/mol. The summed E-state index contributed by atoms with van der Waals surface area (Å²) in [5.74, 6) is 1.01. The maximum Gasteiger partial charge on any atom is 0.257 e. The second-order valence-corrected chi connectivity index (χ2v) is 6.39. The van der Waals surface area contributed by atoms with Gasteiger partial charge in [-0.25, -0.2) is 0 Å². The normalized spacial score (nSPS) is 10.1. The molecule has 0 aliphatic rings. The molecule has 2 aromatic carbocycles. The van der Waals surface area contributed by atoms with E-state index in [9.17, 15) is 4.79 Å². The monoisotopic (exact) mass is 438 g/mol. The van der Waals surface area contributed by atoms with Gasteiger partial charge >= 0.3 is 0 Å². The second-order valence-electron chi connectivity index (χ2n) is 5.13. The maximum atomic E-state index is 12.3. The molecular weight excluding hydrogens is 420 g/mol. The van der Waals surface area contributed by atoms with E-state index in [4.69, 9.17) is 26.4 Å². The Labute approximate surface area is 166 Å². The summed E-state index contributed by atoms with van der Waals surface area (Å²) in [7, 11) is 3.18. The number of thiocarbonyl (C=S) groups is 1. The van der Waals surface area contributed by atoms with Crippen LogP contribution in [-0.4, -0.2) is 38.5 Å². The SMILES string of the molecule is COCCOc1cccc(NC(=S)NC(=O)c2ccc(OC)c(Br)c2)c1. The molecule has 0 aromatic heterocycles. The zero-order chi connectivity index (χ0) is 18.9. The van der Waals surface area contributed by atoms with E-state index in [1.54, 1.807) is 38.5 Å². The van der Waals surface area contributed by atoms with Gasteiger partial charge < -0.3 is 19.5 Å². The largest absolute Gasteiger partial charge is 0.496 e. The van der Waals surface area contributed by atoms with E-state index in [2.05, 4.69) is 26.6 Å². The third-order valence-corrected chi connectivity index (χ3v) is 4.11. The highest BCUT2D eigenvalue weighted by molar-refractivity contribution is 9.10. The summed E-state index contributed by atoms with van der Waals surface area (Å²) in [6.45, 7) is 0.955. The zero-order valence-corrected chi connectivity index (χ0v) is 16.8. The van der Waals surface area contributed by atoms with Crippen molar-refractivity contribution in [3.8, 4) is 11.5 Å². The van der Waals surface area contributed by atoms with Crippen molar-refractivity contribution < 1.29 is 19.0 Å². The van der Waals surface area contributed by atoms with Crippen molar-refractivity contribution in [2.45, 2.75) is 0 Å². The van der Waals surface area contributed by atoms with E-state index in [1.165, 1.54) is 0 Å². The molecule has 0 heterocycles. The number of rotatable bonds is 7. The predicted octanol–water partition coefficient (Wildman–Crippen LogP) is 3.61. The standard InChI is InChI=1S/C18H19BrN2O4S/c1-23-8-9-25-14-5-3-4-13(11-14)20-18(26)21-17(22)12-6-7-16(24-2)15(19)10-12/h3-7,10-11H,8-9H2,1-2H3,(H2,20,21,22,26). The number of anilines is 1. The van der Waals surface area contributed by atoms with Gasteiger partial charge in [-0.05, 0) is 58.5 Å². The Kier molecular flexibility index (Phi) is 7.83. The molecule has 0 saturated heterocycles. The lowest BCUT2D eigenvalue weighted by molar-refractivity contribution is 0.0977. The van der Waals surface area contributed by atoms with Crippen LogP contribution in [0.25, 0.3) is 0 Å². The third kappa shape index (κ3) is 5.98. The van der Waals surface area contributed by atoms with Crippen LogP contribution in [0.5, 0.6) is 11.5 Å². The lowest BCUT2D eigenvalue weighted by Crippen LogP contribution is -2.34. The fourth-order valence-electron chi connectivity index (χ4n) is 2.05. The van der Waals surface area contributed by atoms with E-state index in [1.807, 2.05) is 18.2 Å². The minimum Gasteiger partial charge on any atom is -0.496 e. The number of ether oxygens (including phenoxy) is 3. The smallest absolute Gasteiger partial charge is 0.257 e. The number of methoxy groups -OCH3 is 2. The Bertz CT molecular complexity index is 786. The van der Waals surface area contributed by atoms with Gasteiger partial charge in [0.25, 0.3) is 5.91 Å². The molecule has 0 unspecified atom stereocenters. The molecule has 0 spiro atoms. The molecule has 8 heteroatoms. The molecule has 0 atom stereocenters. The maximum absolute atomic E-state index is 12.3. The fourth-order valence-corrected chi connectivity index (χ4v) is 2.80. The highest BCUT2D eigenvalue weighted by Gasteiger charge is 2.11. The molecule has 6 nitrogen and oxygen atoms in total. The van der Waals surface area contributed by atoms with Crippen molar-refractivity contribution in [2.75, 3.05) is 32.8 Å². The Balaban J connectivity index is 1.94. The van der Waals surface area contributed by atoms with Crippen LogP contribution in [0.4, 0.5) is 5.69 Å².